The lowest BCUT2D eigenvalue weighted by molar-refractivity contribution is 0.101. The van der Waals surface area contributed by atoms with Crippen molar-refractivity contribution in [3.05, 3.63) is 71.2 Å². The average molecular weight is 297 g/mol. The number of furan rings is 1. The summed E-state index contributed by atoms with van der Waals surface area (Å²) < 4.78 is 7.27. The molecule has 3 heterocycles. The second kappa shape index (κ2) is 4.46. The van der Waals surface area contributed by atoms with E-state index in [2.05, 4.69) is 5.10 Å². The number of para-hydroxylation sites is 1. The van der Waals surface area contributed by atoms with E-state index in [9.17, 15) is 4.79 Å². The molecule has 0 bridgehead atoms. The van der Waals surface area contributed by atoms with Gasteiger partial charge in [0.1, 0.15) is 0 Å². The highest BCUT2D eigenvalue weighted by molar-refractivity contribution is 6.35. The Hall–Kier alpha value is -2.59. The third-order valence-corrected chi connectivity index (χ3v) is 3.69. The molecule has 5 heteroatoms. The summed E-state index contributed by atoms with van der Waals surface area (Å²) in [5, 5.41) is 5.46. The van der Waals surface area contributed by atoms with Crippen molar-refractivity contribution in [2.75, 3.05) is 0 Å². The molecule has 0 saturated carbocycles. The lowest BCUT2D eigenvalue weighted by Gasteiger charge is -1.95. The normalized spacial score (nSPS) is 11.3. The number of pyridine rings is 1. The van der Waals surface area contributed by atoms with Crippen molar-refractivity contribution in [2.45, 2.75) is 0 Å². The molecule has 0 aliphatic carbocycles. The molecule has 102 valence electrons. The van der Waals surface area contributed by atoms with E-state index >= 15 is 0 Å². The van der Waals surface area contributed by atoms with E-state index in [1.807, 2.05) is 30.3 Å². The van der Waals surface area contributed by atoms with Crippen LogP contribution in [0.25, 0.3) is 16.5 Å². The van der Waals surface area contributed by atoms with Gasteiger partial charge in [-0.2, -0.15) is 5.10 Å². The molecule has 0 aliphatic rings. The first-order valence-electron chi connectivity index (χ1n) is 6.39. The van der Waals surface area contributed by atoms with Gasteiger partial charge in [-0.25, -0.2) is 4.52 Å². The molecule has 4 nitrogen and oxygen atoms in total. The van der Waals surface area contributed by atoms with Crippen LogP contribution < -0.4 is 0 Å². The summed E-state index contributed by atoms with van der Waals surface area (Å²) in [7, 11) is 0. The van der Waals surface area contributed by atoms with Crippen molar-refractivity contribution in [3.8, 4) is 0 Å². The second-order valence-electron chi connectivity index (χ2n) is 4.69. The average Bonchev–Trinajstić information content (AvgIpc) is 3.11. The maximum absolute atomic E-state index is 12.6. The minimum atomic E-state index is -0.205. The number of ketones is 1. The highest BCUT2D eigenvalue weighted by atomic mass is 35.5. The third kappa shape index (κ3) is 1.84. The van der Waals surface area contributed by atoms with Gasteiger partial charge in [0, 0.05) is 11.6 Å². The van der Waals surface area contributed by atoms with E-state index < -0.39 is 0 Å². The Labute approximate surface area is 124 Å². The van der Waals surface area contributed by atoms with Gasteiger partial charge < -0.3 is 4.42 Å². The van der Waals surface area contributed by atoms with Crippen LogP contribution in [0.5, 0.6) is 0 Å². The number of hydrogen-bond acceptors (Lipinski definition) is 3. The topological polar surface area (TPSA) is 47.5 Å². The zero-order valence-electron chi connectivity index (χ0n) is 10.8. The first-order chi connectivity index (χ1) is 10.2. The van der Waals surface area contributed by atoms with Gasteiger partial charge in [-0.15, -0.1) is 0 Å². The van der Waals surface area contributed by atoms with Gasteiger partial charge in [0.25, 0.3) is 0 Å². The Morgan fingerprint density at radius 1 is 1.19 bits per heavy atom. The van der Waals surface area contributed by atoms with Gasteiger partial charge in [0.2, 0.25) is 5.78 Å². The van der Waals surface area contributed by atoms with E-state index in [4.69, 9.17) is 16.0 Å². The van der Waals surface area contributed by atoms with Crippen molar-refractivity contribution >= 4 is 33.9 Å². The van der Waals surface area contributed by atoms with E-state index in [1.54, 1.807) is 29.0 Å². The lowest BCUT2D eigenvalue weighted by Crippen LogP contribution is -1.98. The minimum Gasteiger partial charge on any atom is -0.451 e. The van der Waals surface area contributed by atoms with Crippen molar-refractivity contribution < 1.29 is 9.21 Å². The number of aromatic nitrogens is 2. The van der Waals surface area contributed by atoms with Gasteiger partial charge in [0.15, 0.2) is 11.3 Å². The summed E-state index contributed by atoms with van der Waals surface area (Å²) in [6.07, 6.45) is 3.34. The van der Waals surface area contributed by atoms with Gasteiger partial charge in [-0.05, 0) is 24.3 Å². The van der Waals surface area contributed by atoms with Crippen LogP contribution in [0.3, 0.4) is 0 Å². The Kier molecular flexibility index (Phi) is 2.59. The van der Waals surface area contributed by atoms with Crippen molar-refractivity contribution in [3.63, 3.8) is 0 Å². The first-order valence-corrected chi connectivity index (χ1v) is 6.77. The Bertz CT molecular complexity index is 984. The van der Waals surface area contributed by atoms with Gasteiger partial charge in [-0.1, -0.05) is 29.8 Å². The molecular weight excluding hydrogens is 288 g/mol. The van der Waals surface area contributed by atoms with Crippen LogP contribution in [-0.4, -0.2) is 15.4 Å². The second-order valence-corrected chi connectivity index (χ2v) is 5.09. The Morgan fingerprint density at radius 2 is 2.10 bits per heavy atom. The molecular formula is C16H9ClN2O2. The predicted octanol–water partition coefficient (Wildman–Crippen LogP) is 3.96. The molecule has 0 amide bonds. The van der Waals surface area contributed by atoms with E-state index in [0.29, 0.717) is 16.2 Å². The molecule has 21 heavy (non-hydrogen) atoms. The fourth-order valence-corrected chi connectivity index (χ4v) is 2.60. The van der Waals surface area contributed by atoms with Crippen LogP contribution in [0, 0.1) is 0 Å². The minimum absolute atomic E-state index is 0.205. The fraction of sp³-hybridized carbons (Fsp3) is 0. The quantitative estimate of drug-likeness (QED) is 0.526. The van der Waals surface area contributed by atoms with Crippen LogP contribution in [0.15, 0.2) is 59.3 Å². The van der Waals surface area contributed by atoms with E-state index in [-0.39, 0.29) is 11.5 Å². The number of carbonyl (C=O) groups excluding carboxylic acids is 1. The molecule has 0 radical (unpaired) electrons. The summed E-state index contributed by atoms with van der Waals surface area (Å²) in [5.74, 6) is 0.0559. The van der Waals surface area contributed by atoms with E-state index in [0.717, 1.165) is 10.9 Å². The zero-order chi connectivity index (χ0) is 14.4. The number of hydrogen-bond donors (Lipinski definition) is 0. The van der Waals surface area contributed by atoms with E-state index in [1.165, 1.54) is 0 Å². The number of fused-ring (bicyclic) bond motifs is 2. The van der Waals surface area contributed by atoms with Crippen LogP contribution >= 0.6 is 11.6 Å². The number of carbonyl (C=O) groups is 1. The molecule has 0 saturated heterocycles. The molecule has 4 rings (SSSR count). The van der Waals surface area contributed by atoms with Gasteiger partial charge >= 0.3 is 0 Å². The molecule has 0 fully saturated rings. The van der Waals surface area contributed by atoms with Crippen molar-refractivity contribution in [1.82, 2.24) is 9.61 Å². The predicted molar refractivity (Wildman–Crippen MR) is 79.8 cm³/mol. The first kappa shape index (κ1) is 12.2. The number of benzene rings is 1. The summed E-state index contributed by atoms with van der Waals surface area (Å²) >= 11 is 6.07. The molecule has 1 aromatic carbocycles. The number of halogens is 1. The maximum atomic E-state index is 12.6. The molecule has 4 aromatic rings. The Morgan fingerprint density at radius 3 is 2.95 bits per heavy atom. The monoisotopic (exact) mass is 296 g/mol. The van der Waals surface area contributed by atoms with Crippen LogP contribution in [-0.2, 0) is 0 Å². The number of nitrogens with zero attached hydrogens (tertiary/aromatic N) is 2. The summed E-state index contributed by atoms with van der Waals surface area (Å²) in [5.41, 5.74) is 1.78. The molecule has 0 unspecified atom stereocenters. The summed E-state index contributed by atoms with van der Waals surface area (Å²) in [6.45, 7) is 0. The highest BCUT2D eigenvalue weighted by Gasteiger charge is 2.19. The highest BCUT2D eigenvalue weighted by Crippen LogP contribution is 2.28. The van der Waals surface area contributed by atoms with Crippen LogP contribution in [0.2, 0.25) is 5.02 Å². The fourth-order valence-electron chi connectivity index (χ4n) is 2.38. The zero-order valence-corrected chi connectivity index (χ0v) is 11.5. The molecule has 3 aromatic heterocycles. The molecule has 0 spiro atoms. The van der Waals surface area contributed by atoms with Gasteiger partial charge in [0.05, 0.1) is 22.3 Å². The van der Waals surface area contributed by atoms with Gasteiger partial charge in [-0.3, -0.25) is 4.79 Å². The van der Waals surface area contributed by atoms with Crippen molar-refractivity contribution in [1.29, 1.82) is 0 Å². The lowest BCUT2D eigenvalue weighted by atomic mass is 10.1. The van der Waals surface area contributed by atoms with Crippen LogP contribution in [0.1, 0.15) is 16.1 Å². The molecule has 0 aliphatic heterocycles. The standard InChI is InChI=1S/C16H9ClN2O2/c17-12-5-3-4-10-8-14(21-16(10)12)15(20)11-9-18-19-7-2-1-6-13(11)19/h1-9H. The largest absolute Gasteiger partial charge is 0.451 e. The third-order valence-electron chi connectivity index (χ3n) is 3.39. The van der Waals surface area contributed by atoms with Crippen molar-refractivity contribution in [2.24, 2.45) is 0 Å². The number of rotatable bonds is 2. The summed E-state index contributed by atoms with van der Waals surface area (Å²) in [6, 6.07) is 12.7. The maximum Gasteiger partial charge on any atom is 0.232 e. The molecule has 0 N–H and O–H groups in total. The Balaban J connectivity index is 1.88. The summed E-state index contributed by atoms with van der Waals surface area (Å²) in [4.78, 5) is 12.6. The molecule has 0 atom stereocenters. The van der Waals surface area contributed by atoms with Crippen LogP contribution in [0.4, 0.5) is 0 Å². The SMILES string of the molecule is O=C(c1cc2cccc(Cl)c2o1)c1cnn2ccccc12. The smallest absolute Gasteiger partial charge is 0.232 e.